The Morgan fingerprint density at radius 3 is 2.92 bits per heavy atom. The standard InChI is InChI=1S/C18H21N3O3/c1-12(24-18(23)14-10-19-21(2)11-14)17(22)20-16-9-5-7-13-6-3-4-8-15(13)16/h3-4,6,8,10-12,16H,5,7,9H2,1-2H3,(H,20,22). The number of benzene rings is 1. The third kappa shape index (κ3) is 3.48. The van der Waals surface area contributed by atoms with Crippen LogP contribution in [0.1, 0.15) is 47.3 Å². The molecule has 1 aliphatic rings. The average Bonchev–Trinajstić information content (AvgIpc) is 3.01. The Labute approximate surface area is 140 Å². The molecule has 1 amide bonds. The molecule has 24 heavy (non-hydrogen) atoms. The predicted molar refractivity (Wildman–Crippen MR) is 88.3 cm³/mol. The highest BCUT2D eigenvalue weighted by molar-refractivity contribution is 5.91. The predicted octanol–water partition coefficient (Wildman–Crippen LogP) is 2.16. The third-order valence-corrected chi connectivity index (χ3v) is 4.28. The van der Waals surface area contributed by atoms with Gasteiger partial charge in [0.2, 0.25) is 0 Å². The molecule has 6 heteroatoms. The van der Waals surface area contributed by atoms with Gasteiger partial charge in [-0.25, -0.2) is 4.79 Å². The second-order valence-corrected chi connectivity index (χ2v) is 6.10. The maximum Gasteiger partial charge on any atom is 0.342 e. The van der Waals surface area contributed by atoms with Crippen molar-refractivity contribution in [3.63, 3.8) is 0 Å². The van der Waals surface area contributed by atoms with Crippen molar-refractivity contribution in [3.05, 3.63) is 53.3 Å². The average molecular weight is 327 g/mol. The van der Waals surface area contributed by atoms with Crippen LogP contribution >= 0.6 is 0 Å². The number of hydrogen-bond donors (Lipinski definition) is 1. The summed E-state index contributed by atoms with van der Waals surface area (Å²) in [6.45, 7) is 1.58. The first-order valence-corrected chi connectivity index (χ1v) is 8.12. The number of aryl methyl sites for hydroxylation is 2. The van der Waals surface area contributed by atoms with E-state index in [4.69, 9.17) is 4.74 Å². The Balaban J connectivity index is 1.62. The van der Waals surface area contributed by atoms with E-state index in [0.717, 1.165) is 24.8 Å². The molecule has 2 atom stereocenters. The molecule has 0 saturated carbocycles. The van der Waals surface area contributed by atoms with Crippen molar-refractivity contribution in [3.8, 4) is 0 Å². The van der Waals surface area contributed by atoms with Crippen molar-refractivity contribution in [2.75, 3.05) is 0 Å². The highest BCUT2D eigenvalue weighted by Gasteiger charge is 2.25. The van der Waals surface area contributed by atoms with E-state index in [9.17, 15) is 9.59 Å². The fraction of sp³-hybridized carbons (Fsp3) is 0.389. The van der Waals surface area contributed by atoms with Crippen molar-refractivity contribution in [2.45, 2.75) is 38.3 Å². The van der Waals surface area contributed by atoms with E-state index < -0.39 is 12.1 Å². The number of ether oxygens (including phenoxy) is 1. The molecular weight excluding hydrogens is 306 g/mol. The number of carbonyl (C=O) groups excluding carboxylic acids is 2. The number of aromatic nitrogens is 2. The van der Waals surface area contributed by atoms with Crippen LogP contribution in [0.15, 0.2) is 36.7 Å². The van der Waals surface area contributed by atoms with E-state index >= 15 is 0 Å². The Hall–Kier alpha value is -2.63. The molecule has 2 aromatic rings. The van der Waals surface area contributed by atoms with E-state index in [1.807, 2.05) is 18.2 Å². The van der Waals surface area contributed by atoms with Crippen LogP contribution in [0.2, 0.25) is 0 Å². The van der Waals surface area contributed by atoms with Crippen molar-refractivity contribution in [1.29, 1.82) is 0 Å². The molecule has 126 valence electrons. The molecule has 0 bridgehead atoms. The monoisotopic (exact) mass is 327 g/mol. The van der Waals surface area contributed by atoms with Crippen LogP contribution in [0.25, 0.3) is 0 Å². The molecule has 2 unspecified atom stereocenters. The molecule has 0 saturated heterocycles. The van der Waals surface area contributed by atoms with Gasteiger partial charge in [0.25, 0.3) is 5.91 Å². The minimum atomic E-state index is -0.855. The summed E-state index contributed by atoms with van der Waals surface area (Å²) >= 11 is 0. The quantitative estimate of drug-likeness (QED) is 0.874. The lowest BCUT2D eigenvalue weighted by atomic mass is 9.87. The van der Waals surface area contributed by atoms with Gasteiger partial charge in [0, 0.05) is 13.2 Å². The molecule has 1 aromatic heterocycles. The van der Waals surface area contributed by atoms with Crippen LogP contribution in [-0.4, -0.2) is 27.8 Å². The van der Waals surface area contributed by atoms with Gasteiger partial charge >= 0.3 is 5.97 Å². The molecule has 0 fully saturated rings. The maximum atomic E-state index is 12.4. The molecule has 1 heterocycles. The molecule has 6 nitrogen and oxygen atoms in total. The Kier molecular flexibility index (Phi) is 4.64. The number of nitrogens with zero attached hydrogens (tertiary/aromatic N) is 2. The number of nitrogens with one attached hydrogen (secondary N) is 1. The maximum absolute atomic E-state index is 12.4. The van der Waals surface area contributed by atoms with E-state index in [1.54, 1.807) is 20.2 Å². The van der Waals surface area contributed by atoms with Gasteiger partial charge in [0.15, 0.2) is 6.10 Å². The molecule has 1 N–H and O–H groups in total. The lowest BCUT2D eigenvalue weighted by Gasteiger charge is -2.27. The summed E-state index contributed by atoms with van der Waals surface area (Å²) in [5, 5.41) is 6.92. The summed E-state index contributed by atoms with van der Waals surface area (Å²) in [6, 6.07) is 8.11. The largest absolute Gasteiger partial charge is 0.449 e. The van der Waals surface area contributed by atoms with Crippen LogP contribution in [0.4, 0.5) is 0 Å². The number of fused-ring (bicyclic) bond motifs is 1. The molecule has 1 aliphatic carbocycles. The second-order valence-electron chi connectivity index (χ2n) is 6.10. The van der Waals surface area contributed by atoms with E-state index in [1.165, 1.54) is 16.4 Å². The van der Waals surface area contributed by atoms with Crippen LogP contribution in [-0.2, 0) is 23.0 Å². The lowest BCUT2D eigenvalue weighted by Crippen LogP contribution is -2.39. The second kappa shape index (κ2) is 6.86. The smallest absolute Gasteiger partial charge is 0.342 e. The Morgan fingerprint density at radius 1 is 1.38 bits per heavy atom. The Morgan fingerprint density at radius 2 is 2.17 bits per heavy atom. The normalized spacial score (nSPS) is 17.7. The summed E-state index contributed by atoms with van der Waals surface area (Å²) < 4.78 is 6.75. The van der Waals surface area contributed by atoms with Crippen LogP contribution in [0.5, 0.6) is 0 Å². The summed E-state index contributed by atoms with van der Waals surface area (Å²) in [4.78, 5) is 24.4. The summed E-state index contributed by atoms with van der Waals surface area (Å²) in [7, 11) is 1.72. The van der Waals surface area contributed by atoms with Gasteiger partial charge in [0.1, 0.15) is 0 Å². The van der Waals surface area contributed by atoms with Gasteiger partial charge in [-0.1, -0.05) is 24.3 Å². The first-order valence-electron chi connectivity index (χ1n) is 8.12. The van der Waals surface area contributed by atoms with Gasteiger partial charge in [-0.3, -0.25) is 9.48 Å². The van der Waals surface area contributed by atoms with Gasteiger partial charge in [-0.2, -0.15) is 5.10 Å². The third-order valence-electron chi connectivity index (χ3n) is 4.28. The van der Waals surface area contributed by atoms with Crippen LogP contribution in [0.3, 0.4) is 0 Å². The van der Waals surface area contributed by atoms with Crippen molar-refractivity contribution in [1.82, 2.24) is 15.1 Å². The van der Waals surface area contributed by atoms with Gasteiger partial charge in [-0.05, 0) is 37.3 Å². The summed E-state index contributed by atoms with van der Waals surface area (Å²) in [6.07, 6.45) is 5.09. The summed E-state index contributed by atoms with van der Waals surface area (Å²) in [5.41, 5.74) is 2.76. The molecule has 3 rings (SSSR count). The number of rotatable bonds is 4. The van der Waals surface area contributed by atoms with Gasteiger partial charge in [0.05, 0.1) is 17.8 Å². The van der Waals surface area contributed by atoms with Crippen molar-refractivity contribution < 1.29 is 14.3 Å². The molecule has 0 spiro atoms. The van der Waals surface area contributed by atoms with E-state index in [0.29, 0.717) is 5.56 Å². The molecular formula is C18H21N3O3. The Bertz CT molecular complexity index is 753. The fourth-order valence-corrected chi connectivity index (χ4v) is 3.00. The van der Waals surface area contributed by atoms with Gasteiger partial charge < -0.3 is 10.1 Å². The van der Waals surface area contributed by atoms with Crippen LogP contribution < -0.4 is 5.32 Å². The highest BCUT2D eigenvalue weighted by atomic mass is 16.5. The zero-order chi connectivity index (χ0) is 17.1. The highest BCUT2D eigenvalue weighted by Crippen LogP contribution is 2.29. The molecule has 0 radical (unpaired) electrons. The molecule has 1 aromatic carbocycles. The fourth-order valence-electron chi connectivity index (χ4n) is 3.00. The van der Waals surface area contributed by atoms with E-state index in [2.05, 4.69) is 16.5 Å². The number of esters is 1. The number of carbonyl (C=O) groups is 2. The first-order chi connectivity index (χ1) is 11.5. The lowest BCUT2D eigenvalue weighted by molar-refractivity contribution is -0.130. The van der Waals surface area contributed by atoms with Gasteiger partial charge in [-0.15, -0.1) is 0 Å². The SMILES string of the molecule is CC(OC(=O)c1cnn(C)c1)C(=O)NC1CCCc2ccccc21. The number of amides is 1. The topological polar surface area (TPSA) is 73.2 Å². The molecule has 0 aliphatic heterocycles. The van der Waals surface area contributed by atoms with Crippen LogP contribution in [0, 0.1) is 0 Å². The van der Waals surface area contributed by atoms with E-state index in [-0.39, 0.29) is 11.9 Å². The minimum absolute atomic E-state index is 0.0259. The zero-order valence-corrected chi connectivity index (χ0v) is 13.9. The van der Waals surface area contributed by atoms with Crippen molar-refractivity contribution >= 4 is 11.9 Å². The minimum Gasteiger partial charge on any atom is -0.449 e. The number of hydrogen-bond acceptors (Lipinski definition) is 4. The first kappa shape index (κ1) is 16.2. The zero-order valence-electron chi connectivity index (χ0n) is 13.9. The summed E-state index contributed by atoms with van der Waals surface area (Å²) in [5.74, 6) is -0.830. The van der Waals surface area contributed by atoms with Crippen molar-refractivity contribution in [2.24, 2.45) is 7.05 Å².